The van der Waals surface area contributed by atoms with Gasteiger partial charge in [0, 0.05) is 6.54 Å². The molecule has 1 aliphatic rings. The van der Waals surface area contributed by atoms with Gasteiger partial charge in [0.1, 0.15) is 5.76 Å². The molecule has 0 amide bonds. The highest BCUT2D eigenvalue weighted by Gasteiger charge is 2.23. The standard InChI is InChI=1S/C12H17NO2/c1-2-13(7-10-3-4-10)8-11-5-6-12(9-14)15-11/h5-6,9-10H,2-4,7-8H2,1H3. The average molecular weight is 207 g/mol. The van der Waals surface area contributed by atoms with Gasteiger partial charge in [-0.25, -0.2) is 0 Å². The van der Waals surface area contributed by atoms with Crippen molar-refractivity contribution in [3.63, 3.8) is 0 Å². The number of carbonyl (C=O) groups is 1. The summed E-state index contributed by atoms with van der Waals surface area (Å²) in [5.41, 5.74) is 0. The van der Waals surface area contributed by atoms with Crippen molar-refractivity contribution >= 4 is 6.29 Å². The van der Waals surface area contributed by atoms with Crippen LogP contribution in [0.1, 0.15) is 36.1 Å². The van der Waals surface area contributed by atoms with Crippen molar-refractivity contribution in [3.8, 4) is 0 Å². The van der Waals surface area contributed by atoms with E-state index in [2.05, 4.69) is 11.8 Å². The number of nitrogens with zero attached hydrogens (tertiary/aromatic N) is 1. The quantitative estimate of drug-likeness (QED) is 0.671. The fraction of sp³-hybridized carbons (Fsp3) is 0.583. The van der Waals surface area contributed by atoms with E-state index in [1.807, 2.05) is 6.07 Å². The van der Waals surface area contributed by atoms with E-state index in [0.717, 1.165) is 37.6 Å². The second kappa shape index (κ2) is 4.62. The van der Waals surface area contributed by atoms with E-state index >= 15 is 0 Å². The van der Waals surface area contributed by atoms with Crippen LogP contribution in [-0.4, -0.2) is 24.3 Å². The minimum Gasteiger partial charge on any atom is -0.457 e. The third-order valence-corrected chi connectivity index (χ3v) is 2.84. The Labute approximate surface area is 90.1 Å². The first kappa shape index (κ1) is 10.4. The van der Waals surface area contributed by atoms with Crippen LogP contribution in [0.25, 0.3) is 0 Å². The van der Waals surface area contributed by atoms with Crippen LogP contribution in [0.15, 0.2) is 16.5 Å². The Balaban J connectivity index is 1.89. The summed E-state index contributed by atoms with van der Waals surface area (Å²) in [6.45, 7) is 5.17. The Bertz CT molecular complexity index is 328. The Morgan fingerprint density at radius 1 is 1.53 bits per heavy atom. The zero-order valence-electron chi connectivity index (χ0n) is 9.11. The van der Waals surface area contributed by atoms with Gasteiger partial charge in [-0.05, 0) is 37.4 Å². The van der Waals surface area contributed by atoms with Crippen molar-refractivity contribution < 1.29 is 9.21 Å². The largest absolute Gasteiger partial charge is 0.457 e. The number of hydrogen-bond acceptors (Lipinski definition) is 3. The average Bonchev–Trinajstić information content (AvgIpc) is 2.95. The monoisotopic (exact) mass is 207 g/mol. The second-order valence-corrected chi connectivity index (χ2v) is 4.19. The molecular weight excluding hydrogens is 190 g/mol. The summed E-state index contributed by atoms with van der Waals surface area (Å²) in [7, 11) is 0. The lowest BCUT2D eigenvalue weighted by atomic mass is 10.3. The van der Waals surface area contributed by atoms with Crippen LogP contribution < -0.4 is 0 Å². The zero-order chi connectivity index (χ0) is 10.7. The highest BCUT2D eigenvalue weighted by Crippen LogP contribution is 2.30. The first-order valence-electron chi connectivity index (χ1n) is 5.58. The minimum absolute atomic E-state index is 0.424. The van der Waals surface area contributed by atoms with E-state index in [1.54, 1.807) is 6.07 Å². The summed E-state index contributed by atoms with van der Waals surface area (Å²) in [5, 5.41) is 0. The normalized spacial score (nSPS) is 15.9. The van der Waals surface area contributed by atoms with E-state index in [0.29, 0.717) is 5.76 Å². The Morgan fingerprint density at radius 2 is 2.33 bits per heavy atom. The molecule has 0 unspecified atom stereocenters. The van der Waals surface area contributed by atoms with Gasteiger partial charge in [-0.1, -0.05) is 6.92 Å². The van der Waals surface area contributed by atoms with Crippen molar-refractivity contribution in [2.24, 2.45) is 5.92 Å². The van der Waals surface area contributed by atoms with Crippen molar-refractivity contribution in [2.75, 3.05) is 13.1 Å². The van der Waals surface area contributed by atoms with E-state index < -0.39 is 0 Å². The molecule has 0 spiro atoms. The molecule has 0 bridgehead atoms. The molecule has 1 aromatic heterocycles. The summed E-state index contributed by atoms with van der Waals surface area (Å²) in [5.74, 6) is 2.21. The van der Waals surface area contributed by atoms with Crippen LogP contribution in [0.3, 0.4) is 0 Å². The molecule has 1 saturated carbocycles. The number of rotatable bonds is 6. The van der Waals surface area contributed by atoms with Gasteiger partial charge < -0.3 is 4.42 Å². The van der Waals surface area contributed by atoms with Crippen molar-refractivity contribution in [2.45, 2.75) is 26.3 Å². The number of aldehydes is 1. The molecule has 0 atom stereocenters. The predicted octanol–water partition coefficient (Wildman–Crippen LogP) is 2.32. The molecule has 3 nitrogen and oxygen atoms in total. The van der Waals surface area contributed by atoms with Crippen molar-refractivity contribution in [1.82, 2.24) is 4.90 Å². The fourth-order valence-electron chi connectivity index (χ4n) is 1.73. The lowest BCUT2D eigenvalue weighted by molar-refractivity contribution is 0.109. The molecule has 0 saturated heterocycles. The number of furan rings is 1. The molecule has 2 rings (SSSR count). The summed E-state index contributed by atoms with van der Waals surface area (Å²) in [4.78, 5) is 12.8. The van der Waals surface area contributed by atoms with Crippen molar-refractivity contribution in [3.05, 3.63) is 23.7 Å². The second-order valence-electron chi connectivity index (χ2n) is 4.19. The van der Waals surface area contributed by atoms with Gasteiger partial charge in [-0.15, -0.1) is 0 Å². The van der Waals surface area contributed by atoms with Crippen LogP contribution >= 0.6 is 0 Å². The fourth-order valence-corrected chi connectivity index (χ4v) is 1.73. The summed E-state index contributed by atoms with van der Waals surface area (Å²) >= 11 is 0. The molecule has 0 aliphatic heterocycles. The first-order chi connectivity index (χ1) is 7.31. The maximum atomic E-state index is 10.5. The van der Waals surface area contributed by atoms with Crippen LogP contribution in [0, 0.1) is 5.92 Å². The van der Waals surface area contributed by atoms with Gasteiger partial charge in [-0.3, -0.25) is 9.69 Å². The number of hydrogen-bond donors (Lipinski definition) is 0. The third kappa shape index (κ3) is 2.93. The lowest BCUT2D eigenvalue weighted by Gasteiger charge is -2.18. The maximum absolute atomic E-state index is 10.5. The molecule has 0 aromatic carbocycles. The molecule has 0 radical (unpaired) electrons. The molecule has 3 heteroatoms. The van der Waals surface area contributed by atoms with Crippen LogP contribution in [0.2, 0.25) is 0 Å². The molecule has 1 aromatic rings. The van der Waals surface area contributed by atoms with E-state index in [9.17, 15) is 4.79 Å². The smallest absolute Gasteiger partial charge is 0.185 e. The molecular formula is C12H17NO2. The van der Waals surface area contributed by atoms with Gasteiger partial charge in [0.05, 0.1) is 6.54 Å². The van der Waals surface area contributed by atoms with Gasteiger partial charge in [0.25, 0.3) is 0 Å². The SMILES string of the molecule is CCN(Cc1ccc(C=O)o1)CC1CC1. The first-order valence-corrected chi connectivity index (χ1v) is 5.58. The van der Waals surface area contributed by atoms with E-state index in [1.165, 1.54) is 12.8 Å². The van der Waals surface area contributed by atoms with Crippen LogP contribution in [0.4, 0.5) is 0 Å². The molecule has 1 heterocycles. The van der Waals surface area contributed by atoms with Gasteiger partial charge in [0.15, 0.2) is 12.0 Å². The summed E-state index contributed by atoms with van der Waals surface area (Å²) < 4.78 is 5.36. The topological polar surface area (TPSA) is 33.5 Å². The lowest BCUT2D eigenvalue weighted by Crippen LogP contribution is -2.24. The van der Waals surface area contributed by atoms with Gasteiger partial charge in [-0.2, -0.15) is 0 Å². The Morgan fingerprint density at radius 3 is 2.87 bits per heavy atom. The highest BCUT2D eigenvalue weighted by atomic mass is 16.3. The molecule has 1 aliphatic carbocycles. The van der Waals surface area contributed by atoms with Crippen LogP contribution in [0.5, 0.6) is 0 Å². The summed E-state index contributed by atoms with van der Waals surface area (Å²) in [6.07, 6.45) is 3.49. The highest BCUT2D eigenvalue weighted by molar-refractivity contribution is 5.70. The number of carbonyl (C=O) groups excluding carboxylic acids is 1. The molecule has 0 N–H and O–H groups in total. The van der Waals surface area contributed by atoms with E-state index in [-0.39, 0.29) is 0 Å². The molecule has 82 valence electrons. The van der Waals surface area contributed by atoms with Crippen molar-refractivity contribution in [1.29, 1.82) is 0 Å². The third-order valence-electron chi connectivity index (χ3n) is 2.84. The Kier molecular flexibility index (Phi) is 3.21. The zero-order valence-corrected chi connectivity index (χ0v) is 9.11. The molecule has 1 fully saturated rings. The minimum atomic E-state index is 0.424. The Hall–Kier alpha value is -1.09. The predicted molar refractivity (Wildman–Crippen MR) is 57.8 cm³/mol. The maximum Gasteiger partial charge on any atom is 0.185 e. The summed E-state index contributed by atoms with van der Waals surface area (Å²) in [6, 6.07) is 3.62. The van der Waals surface area contributed by atoms with Gasteiger partial charge in [0.2, 0.25) is 0 Å². The molecule has 15 heavy (non-hydrogen) atoms. The van der Waals surface area contributed by atoms with Gasteiger partial charge >= 0.3 is 0 Å². The van der Waals surface area contributed by atoms with Crippen LogP contribution in [-0.2, 0) is 6.54 Å². The van der Waals surface area contributed by atoms with E-state index in [4.69, 9.17) is 4.42 Å².